The van der Waals surface area contributed by atoms with Crippen molar-refractivity contribution in [1.82, 2.24) is 14.8 Å². The standard InChI is InChI=1S/C25H21FN4O2/c1-17-10-18(8-9-27-17)11-24(31)20-4-2-7-23(13-20)30-16-19(15-28-30)12-25(32)29-22-6-3-5-21(26)14-22/h2-10,13-16H,11-12H2,1H3,(H,29,32). The highest BCUT2D eigenvalue weighted by atomic mass is 19.1. The zero-order chi connectivity index (χ0) is 22.5. The van der Waals surface area contributed by atoms with E-state index in [1.807, 2.05) is 25.1 Å². The van der Waals surface area contributed by atoms with Gasteiger partial charge in [0.25, 0.3) is 0 Å². The van der Waals surface area contributed by atoms with Crippen molar-refractivity contribution in [3.63, 3.8) is 0 Å². The van der Waals surface area contributed by atoms with Gasteiger partial charge in [-0.2, -0.15) is 5.10 Å². The van der Waals surface area contributed by atoms with E-state index in [1.54, 1.807) is 47.5 Å². The number of aromatic nitrogens is 3. The Morgan fingerprint density at radius 1 is 1.00 bits per heavy atom. The molecule has 32 heavy (non-hydrogen) atoms. The number of rotatable bonds is 7. The zero-order valence-electron chi connectivity index (χ0n) is 17.5. The van der Waals surface area contributed by atoms with Gasteiger partial charge in [0.1, 0.15) is 5.82 Å². The van der Waals surface area contributed by atoms with Crippen LogP contribution in [0.4, 0.5) is 10.1 Å². The van der Waals surface area contributed by atoms with E-state index in [2.05, 4.69) is 15.4 Å². The van der Waals surface area contributed by atoms with Crippen LogP contribution in [0.3, 0.4) is 0 Å². The molecule has 4 rings (SSSR count). The van der Waals surface area contributed by atoms with Crippen molar-refractivity contribution in [2.45, 2.75) is 19.8 Å². The number of Topliss-reactive ketones (excluding diaryl/α,β-unsaturated/α-hetero) is 1. The van der Waals surface area contributed by atoms with Gasteiger partial charge in [0.05, 0.1) is 18.3 Å². The van der Waals surface area contributed by atoms with Crippen LogP contribution in [0.5, 0.6) is 0 Å². The Bertz CT molecular complexity index is 1280. The van der Waals surface area contributed by atoms with Crippen molar-refractivity contribution in [1.29, 1.82) is 0 Å². The lowest BCUT2D eigenvalue weighted by atomic mass is 10.0. The molecule has 0 atom stereocenters. The number of hydrogen-bond donors (Lipinski definition) is 1. The minimum Gasteiger partial charge on any atom is -0.326 e. The molecule has 0 aliphatic rings. The Morgan fingerprint density at radius 3 is 2.66 bits per heavy atom. The minimum absolute atomic E-state index is 0.000648. The van der Waals surface area contributed by atoms with Gasteiger partial charge in [-0.15, -0.1) is 0 Å². The molecule has 0 aliphatic heterocycles. The summed E-state index contributed by atoms with van der Waals surface area (Å²) in [5, 5.41) is 6.98. The lowest BCUT2D eigenvalue weighted by Gasteiger charge is -2.06. The van der Waals surface area contributed by atoms with Gasteiger partial charge in [0.2, 0.25) is 5.91 Å². The molecule has 2 aromatic carbocycles. The normalized spacial score (nSPS) is 10.7. The van der Waals surface area contributed by atoms with Crippen LogP contribution in [0.1, 0.15) is 27.2 Å². The van der Waals surface area contributed by atoms with Crippen molar-refractivity contribution in [3.8, 4) is 5.69 Å². The molecule has 2 aromatic heterocycles. The summed E-state index contributed by atoms with van der Waals surface area (Å²) in [6, 6.07) is 16.7. The molecule has 0 saturated heterocycles. The largest absolute Gasteiger partial charge is 0.326 e. The number of amides is 1. The lowest BCUT2D eigenvalue weighted by Crippen LogP contribution is -2.14. The number of anilines is 1. The quantitative estimate of drug-likeness (QED) is 0.445. The number of nitrogens with one attached hydrogen (secondary N) is 1. The van der Waals surface area contributed by atoms with Crippen LogP contribution in [0.2, 0.25) is 0 Å². The Balaban J connectivity index is 1.43. The number of benzene rings is 2. The molecule has 0 aliphatic carbocycles. The summed E-state index contributed by atoms with van der Waals surface area (Å²) in [6.45, 7) is 1.89. The highest BCUT2D eigenvalue weighted by Gasteiger charge is 2.11. The van der Waals surface area contributed by atoms with Crippen LogP contribution >= 0.6 is 0 Å². The lowest BCUT2D eigenvalue weighted by molar-refractivity contribution is -0.115. The van der Waals surface area contributed by atoms with Crippen molar-refractivity contribution in [2.75, 3.05) is 5.32 Å². The number of halogens is 1. The number of pyridine rings is 1. The van der Waals surface area contributed by atoms with E-state index < -0.39 is 5.82 Å². The van der Waals surface area contributed by atoms with Crippen molar-refractivity contribution >= 4 is 17.4 Å². The Labute approximate surface area is 184 Å². The third kappa shape index (κ3) is 5.31. The molecule has 0 radical (unpaired) electrons. The van der Waals surface area contributed by atoms with Gasteiger partial charge >= 0.3 is 0 Å². The second kappa shape index (κ2) is 9.34. The minimum atomic E-state index is -0.413. The van der Waals surface area contributed by atoms with Gasteiger partial charge in [-0.05, 0) is 60.5 Å². The topological polar surface area (TPSA) is 76.9 Å². The van der Waals surface area contributed by atoms with Gasteiger partial charge in [-0.25, -0.2) is 9.07 Å². The molecule has 0 spiro atoms. The van der Waals surface area contributed by atoms with E-state index in [9.17, 15) is 14.0 Å². The number of carbonyl (C=O) groups excluding carboxylic acids is 2. The summed E-state index contributed by atoms with van der Waals surface area (Å²) < 4.78 is 14.9. The predicted octanol–water partition coefficient (Wildman–Crippen LogP) is 4.32. The van der Waals surface area contributed by atoms with Crippen molar-refractivity contribution in [3.05, 3.63) is 107 Å². The van der Waals surface area contributed by atoms with Gasteiger partial charge in [0, 0.05) is 35.8 Å². The first kappa shape index (κ1) is 21.1. The molecule has 0 saturated carbocycles. The molecular weight excluding hydrogens is 407 g/mol. The molecule has 0 unspecified atom stereocenters. The first-order chi connectivity index (χ1) is 15.5. The maximum Gasteiger partial charge on any atom is 0.228 e. The molecule has 0 bridgehead atoms. The van der Waals surface area contributed by atoms with Gasteiger partial charge in [0.15, 0.2) is 5.78 Å². The van der Waals surface area contributed by atoms with Crippen molar-refractivity contribution < 1.29 is 14.0 Å². The van der Waals surface area contributed by atoms with Gasteiger partial charge in [-0.1, -0.05) is 18.2 Å². The summed E-state index contributed by atoms with van der Waals surface area (Å²) >= 11 is 0. The van der Waals surface area contributed by atoms with Gasteiger partial charge in [-0.3, -0.25) is 14.6 Å². The molecule has 0 fully saturated rings. The third-order valence-corrected chi connectivity index (χ3v) is 4.87. The highest BCUT2D eigenvalue weighted by molar-refractivity contribution is 5.98. The molecule has 160 valence electrons. The molecule has 6 nitrogen and oxygen atoms in total. The smallest absolute Gasteiger partial charge is 0.228 e. The number of aryl methyl sites for hydroxylation is 1. The predicted molar refractivity (Wildman–Crippen MR) is 119 cm³/mol. The fraction of sp³-hybridized carbons (Fsp3) is 0.120. The number of nitrogens with zero attached hydrogens (tertiary/aromatic N) is 3. The van der Waals surface area contributed by atoms with Gasteiger partial charge < -0.3 is 5.32 Å². The fourth-order valence-electron chi connectivity index (χ4n) is 3.37. The van der Waals surface area contributed by atoms with Crippen LogP contribution in [0.25, 0.3) is 5.69 Å². The second-order valence-electron chi connectivity index (χ2n) is 7.48. The maximum atomic E-state index is 13.3. The molecule has 4 aromatic rings. The summed E-state index contributed by atoms with van der Waals surface area (Å²) in [5.74, 6) is -0.685. The van der Waals surface area contributed by atoms with E-state index in [0.717, 1.165) is 16.9 Å². The monoisotopic (exact) mass is 428 g/mol. The number of hydrogen-bond acceptors (Lipinski definition) is 4. The second-order valence-corrected chi connectivity index (χ2v) is 7.48. The van der Waals surface area contributed by atoms with E-state index in [4.69, 9.17) is 0 Å². The van der Waals surface area contributed by atoms with Crippen LogP contribution in [-0.2, 0) is 17.6 Å². The van der Waals surface area contributed by atoms with Crippen LogP contribution in [0, 0.1) is 12.7 Å². The Hall–Kier alpha value is -4.13. The van der Waals surface area contributed by atoms with Crippen molar-refractivity contribution in [2.24, 2.45) is 0 Å². The van der Waals surface area contributed by atoms with E-state index >= 15 is 0 Å². The molecule has 2 heterocycles. The van der Waals surface area contributed by atoms with Crippen LogP contribution in [0.15, 0.2) is 79.3 Å². The summed E-state index contributed by atoms with van der Waals surface area (Å²) in [5.41, 5.74) is 4.19. The van der Waals surface area contributed by atoms with E-state index in [1.165, 1.54) is 18.2 Å². The molecule has 1 amide bonds. The molecule has 7 heteroatoms. The fourth-order valence-corrected chi connectivity index (χ4v) is 3.37. The van der Waals surface area contributed by atoms with E-state index in [0.29, 0.717) is 16.8 Å². The average Bonchev–Trinajstić information content (AvgIpc) is 3.22. The Kier molecular flexibility index (Phi) is 6.17. The SMILES string of the molecule is Cc1cc(CC(=O)c2cccc(-n3cc(CC(=O)Nc4cccc(F)c4)cn3)c2)ccn1. The number of ketones is 1. The first-order valence-corrected chi connectivity index (χ1v) is 10.1. The zero-order valence-corrected chi connectivity index (χ0v) is 17.5. The average molecular weight is 428 g/mol. The highest BCUT2D eigenvalue weighted by Crippen LogP contribution is 2.15. The Morgan fingerprint density at radius 2 is 1.84 bits per heavy atom. The molecule has 1 N–H and O–H groups in total. The van der Waals surface area contributed by atoms with Crippen LogP contribution < -0.4 is 5.32 Å². The summed E-state index contributed by atoms with van der Waals surface area (Å²) in [6.07, 6.45) is 5.42. The summed E-state index contributed by atoms with van der Waals surface area (Å²) in [4.78, 5) is 29.1. The number of carbonyl (C=O) groups is 2. The molecular formula is C25H21FN4O2. The summed E-state index contributed by atoms with van der Waals surface area (Å²) in [7, 11) is 0. The maximum absolute atomic E-state index is 13.3. The van der Waals surface area contributed by atoms with Crippen LogP contribution in [-0.4, -0.2) is 26.5 Å². The van der Waals surface area contributed by atoms with E-state index in [-0.39, 0.29) is 24.5 Å². The first-order valence-electron chi connectivity index (χ1n) is 10.1. The third-order valence-electron chi connectivity index (χ3n) is 4.87.